The maximum absolute atomic E-state index is 13.4. The predicted molar refractivity (Wildman–Crippen MR) is 65.2 cm³/mol. The van der Waals surface area contributed by atoms with Crippen LogP contribution in [0.2, 0.25) is 0 Å². The van der Waals surface area contributed by atoms with Gasteiger partial charge in [0.2, 0.25) is 0 Å². The molecule has 90 valence electrons. The Kier molecular flexibility index (Phi) is 3.11. The van der Waals surface area contributed by atoms with Gasteiger partial charge in [-0.15, -0.1) is 0 Å². The van der Waals surface area contributed by atoms with Gasteiger partial charge in [-0.2, -0.15) is 5.26 Å². The minimum atomic E-state index is -0.696. The van der Waals surface area contributed by atoms with Crippen molar-refractivity contribution in [2.24, 2.45) is 0 Å². The van der Waals surface area contributed by atoms with E-state index in [4.69, 9.17) is 11.0 Å². The van der Waals surface area contributed by atoms with Crippen molar-refractivity contribution >= 4 is 17.1 Å². The van der Waals surface area contributed by atoms with Crippen LogP contribution in [0.3, 0.4) is 0 Å². The number of nitrogens with two attached hydrogens (primary N) is 1. The largest absolute Gasteiger partial charge is 0.398 e. The normalized spacial score (nSPS) is 9.83. The van der Waals surface area contributed by atoms with Gasteiger partial charge in [-0.3, -0.25) is 0 Å². The first-order valence-corrected chi connectivity index (χ1v) is 5.12. The van der Waals surface area contributed by atoms with E-state index in [0.717, 1.165) is 12.1 Å². The lowest BCUT2D eigenvalue weighted by Gasteiger charge is -2.09. The fourth-order valence-electron chi connectivity index (χ4n) is 1.50. The van der Waals surface area contributed by atoms with E-state index in [1.165, 1.54) is 24.3 Å². The molecule has 0 fully saturated rings. The Hall–Kier alpha value is -2.61. The molecule has 5 heteroatoms. The number of halogens is 2. The number of nitrogens with zero attached hydrogens (tertiary/aromatic N) is 1. The second kappa shape index (κ2) is 4.72. The predicted octanol–water partition coefficient (Wildman–Crippen LogP) is 3.16. The summed E-state index contributed by atoms with van der Waals surface area (Å²) in [4.78, 5) is 0. The molecule has 0 unspecified atom stereocenters. The van der Waals surface area contributed by atoms with Gasteiger partial charge in [-0.05, 0) is 30.3 Å². The number of benzene rings is 2. The molecule has 0 atom stereocenters. The highest BCUT2D eigenvalue weighted by atomic mass is 19.1. The number of nitrogen functional groups attached to an aromatic ring is 1. The van der Waals surface area contributed by atoms with Crippen LogP contribution in [0.15, 0.2) is 36.4 Å². The van der Waals surface area contributed by atoms with Crippen LogP contribution in [0.1, 0.15) is 5.56 Å². The summed E-state index contributed by atoms with van der Waals surface area (Å²) in [5, 5.41) is 11.3. The van der Waals surface area contributed by atoms with Crippen molar-refractivity contribution in [1.82, 2.24) is 0 Å². The summed E-state index contributed by atoms with van der Waals surface area (Å²) in [7, 11) is 0. The van der Waals surface area contributed by atoms with Gasteiger partial charge in [0.1, 0.15) is 23.4 Å². The van der Waals surface area contributed by atoms with Crippen molar-refractivity contribution < 1.29 is 8.78 Å². The Morgan fingerprint density at radius 1 is 1.11 bits per heavy atom. The minimum Gasteiger partial charge on any atom is -0.398 e. The zero-order chi connectivity index (χ0) is 13.1. The molecule has 3 N–H and O–H groups in total. The van der Waals surface area contributed by atoms with E-state index >= 15 is 0 Å². The van der Waals surface area contributed by atoms with Crippen molar-refractivity contribution in [3.63, 3.8) is 0 Å². The SMILES string of the molecule is N#Cc1ccc(Nc2c(F)cccc2F)cc1N. The first-order valence-electron chi connectivity index (χ1n) is 5.12. The Morgan fingerprint density at radius 3 is 2.33 bits per heavy atom. The molecule has 2 aromatic carbocycles. The maximum atomic E-state index is 13.4. The van der Waals surface area contributed by atoms with Crippen LogP contribution in [0.4, 0.5) is 25.8 Å². The summed E-state index contributed by atoms with van der Waals surface area (Å²) < 4.78 is 26.8. The highest BCUT2D eigenvalue weighted by Gasteiger charge is 2.09. The molecule has 18 heavy (non-hydrogen) atoms. The molecule has 2 aromatic rings. The summed E-state index contributed by atoms with van der Waals surface area (Å²) in [6.07, 6.45) is 0. The van der Waals surface area contributed by atoms with Crippen molar-refractivity contribution in [3.8, 4) is 6.07 Å². The van der Waals surface area contributed by atoms with Gasteiger partial charge in [-0.25, -0.2) is 8.78 Å². The molecule has 0 aliphatic heterocycles. The maximum Gasteiger partial charge on any atom is 0.149 e. The number of rotatable bonds is 2. The summed E-state index contributed by atoms with van der Waals surface area (Å²) >= 11 is 0. The number of hydrogen-bond acceptors (Lipinski definition) is 3. The Balaban J connectivity index is 2.35. The number of nitriles is 1. The van der Waals surface area contributed by atoms with Crippen molar-refractivity contribution in [3.05, 3.63) is 53.6 Å². The zero-order valence-corrected chi connectivity index (χ0v) is 9.24. The van der Waals surface area contributed by atoms with Crippen LogP contribution in [0.5, 0.6) is 0 Å². The summed E-state index contributed by atoms with van der Waals surface area (Å²) in [5.41, 5.74) is 6.34. The van der Waals surface area contributed by atoms with Gasteiger partial charge in [0, 0.05) is 5.69 Å². The van der Waals surface area contributed by atoms with Crippen LogP contribution >= 0.6 is 0 Å². The van der Waals surface area contributed by atoms with Crippen molar-refractivity contribution in [1.29, 1.82) is 5.26 Å². The number of para-hydroxylation sites is 1. The average molecular weight is 245 g/mol. The molecule has 0 aromatic heterocycles. The second-order valence-electron chi connectivity index (χ2n) is 3.64. The van der Waals surface area contributed by atoms with E-state index in [9.17, 15) is 8.78 Å². The van der Waals surface area contributed by atoms with E-state index in [-0.39, 0.29) is 11.4 Å². The summed E-state index contributed by atoms with van der Waals surface area (Å²) in [5.74, 6) is -1.39. The van der Waals surface area contributed by atoms with E-state index in [1.54, 1.807) is 0 Å². The van der Waals surface area contributed by atoms with Gasteiger partial charge in [-0.1, -0.05) is 6.07 Å². The van der Waals surface area contributed by atoms with Crippen LogP contribution in [0, 0.1) is 23.0 Å². The minimum absolute atomic E-state index is 0.249. The third kappa shape index (κ3) is 2.23. The number of anilines is 3. The van der Waals surface area contributed by atoms with E-state index in [1.807, 2.05) is 6.07 Å². The lowest BCUT2D eigenvalue weighted by molar-refractivity contribution is 0.591. The third-order valence-corrected chi connectivity index (χ3v) is 2.40. The highest BCUT2D eigenvalue weighted by Crippen LogP contribution is 2.25. The lowest BCUT2D eigenvalue weighted by atomic mass is 10.1. The molecule has 0 heterocycles. The van der Waals surface area contributed by atoms with Crippen LogP contribution in [-0.2, 0) is 0 Å². The molecule has 0 bridgehead atoms. The van der Waals surface area contributed by atoms with E-state index < -0.39 is 11.6 Å². The van der Waals surface area contributed by atoms with Gasteiger partial charge in [0.25, 0.3) is 0 Å². The molecule has 0 aliphatic carbocycles. The van der Waals surface area contributed by atoms with Crippen molar-refractivity contribution in [2.45, 2.75) is 0 Å². The fourth-order valence-corrected chi connectivity index (χ4v) is 1.50. The highest BCUT2D eigenvalue weighted by molar-refractivity contribution is 5.68. The molecular weight excluding hydrogens is 236 g/mol. The molecule has 3 nitrogen and oxygen atoms in total. The second-order valence-corrected chi connectivity index (χ2v) is 3.64. The zero-order valence-electron chi connectivity index (χ0n) is 9.24. The first-order chi connectivity index (χ1) is 8.61. The van der Waals surface area contributed by atoms with Crippen LogP contribution in [-0.4, -0.2) is 0 Å². The topological polar surface area (TPSA) is 61.8 Å². The first kappa shape index (κ1) is 11.9. The standard InChI is InChI=1S/C13H9F2N3/c14-10-2-1-3-11(15)13(10)18-9-5-4-8(7-16)12(17)6-9/h1-6,18H,17H2. The quantitative estimate of drug-likeness (QED) is 0.799. The van der Waals surface area contributed by atoms with Gasteiger partial charge >= 0.3 is 0 Å². The summed E-state index contributed by atoms with van der Waals surface area (Å²) in [6, 6.07) is 9.95. The monoisotopic (exact) mass is 245 g/mol. The van der Waals surface area contributed by atoms with Crippen LogP contribution in [0.25, 0.3) is 0 Å². The molecule has 0 saturated heterocycles. The lowest BCUT2D eigenvalue weighted by Crippen LogP contribution is -1.99. The molecule has 2 rings (SSSR count). The Bertz CT molecular complexity index is 612. The molecule has 0 spiro atoms. The molecule has 0 radical (unpaired) electrons. The van der Waals surface area contributed by atoms with E-state index in [0.29, 0.717) is 11.3 Å². The smallest absolute Gasteiger partial charge is 0.149 e. The van der Waals surface area contributed by atoms with Gasteiger partial charge in [0.05, 0.1) is 11.3 Å². The van der Waals surface area contributed by atoms with E-state index in [2.05, 4.69) is 5.32 Å². The molecule has 0 aliphatic rings. The summed E-state index contributed by atoms with van der Waals surface area (Å²) in [6.45, 7) is 0. The third-order valence-electron chi connectivity index (χ3n) is 2.40. The van der Waals surface area contributed by atoms with Crippen molar-refractivity contribution in [2.75, 3.05) is 11.1 Å². The van der Waals surface area contributed by atoms with Gasteiger partial charge in [0.15, 0.2) is 0 Å². The number of nitrogens with one attached hydrogen (secondary N) is 1. The molecule has 0 amide bonds. The fraction of sp³-hybridized carbons (Fsp3) is 0. The average Bonchev–Trinajstić information content (AvgIpc) is 2.34. The number of hydrogen-bond donors (Lipinski definition) is 2. The van der Waals surface area contributed by atoms with Crippen LogP contribution < -0.4 is 11.1 Å². The Labute approximate surface area is 102 Å². The Morgan fingerprint density at radius 2 is 1.78 bits per heavy atom. The van der Waals surface area contributed by atoms with Gasteiger partial charge < -0.3 is 11.1 Å². The molecule has 0 saturated carbocycles. The molecular formula is C13H9F2N3.